The number of aryl methyl sites for hydroxylation is 1. The quantitative estimate of drug-likeness (QED) is 0.507. The monoisotopic (exact) mass is 443 g/mol. The minimum Gasteiger partial charge on any atom is -0.486 e. The number of hydrogen-bond donors (Lipinski definition) is 2. The standard InChI is InChI=1S/C23H33N5O2S/c1-3-22-27-18(16-31-22)14-28-10-8-17(9-11-28)12-25-23(24-2)26-13-19-15-29-20-6-4-5-7-21(20)30-19/h4-7,16-17,19H,3,8-15H2,1-2H3,(H2,24,25,26). The summed E-state index contributed by atoms with van der Waals surface area (Å²) in [6.07, 6.45) is 3.40. The normalized spacial score (nSPS) is 19.9. The predicted molar refractivity (Wildman–Crippen MR) is 125 cm³/mol. The molecule has 2 aliphatic rings. The zero-order chi connectivity index (χ0) is 21.5. The Morgan fingerprint density at radius 2 is 1.97 bits per heavy atom. The Kier molecular flexibility index (Phi) is 7.64. The van der Waals surface area contributed by atoms with Gasteiger partial charge in [-0.25, -0.2) is 4.98 Å². The first kappa shape index (κ1) is 21.9. The predicted octanol–water partition coefficient (Wildman–Crippen LogP) is 2.92. The topological polar surface area (TPSA) is 71.0 Å². The number of piperidine rings is 1. The molecule has 1 fully saturated rings. The number of rotatable bonds is 7. The van der Waals surface area contributed by atoms with E-state index < -0.39 is 0 Å². The molecule has 1 aromatic heterocycles. The summed E-state index contributed by atoms with van der Waals surface area (Å²) >= 11 is 1.78. The number of fused-ring (bicyclic) bond motifs is 1. The zero-order valence-electron chi connectivity index (χ0n) is 18.5. The average Bonchev–Trinajstić information content (AvgIpc) is 3.27. The van der Waals surface area contributed by atoms with E-state index in [0.717, 1.165) is 50.1 Å². The van der Waals surface area contributed by atoms with Gasteiger partial charge >= 0.3 is 0 Å². The molecule has 0 spiro atoms. The molecule has 2 aliphatic heterocycles. The molecule has 4 rings (SSSR count). The zero-order valence-corrected chi connectivity index (χ0v) is 19.3. The minimum atomic E-state index is -0.0318. The van der Waals surface area contributed by atoms with E-state index in [4.69, 9.17) is 14.5 Å². The molecule has 0 radical (unpaired) electrons. The molecule has 0 aliphatic carbocycles. The van der Waals surface area contributed by atoms with Crippen molar-refractivity contribution >= 4 is 17.3 Å². The van der Waals surface area contributed by atoms with Gasteiger partial charge in [0, 0.05) is 25.5 Å². The van der Waals surface area contributed by atoms with Crippen LogP contribution in [0.25, 0.3) is 0 Å². The van der Waals surface area contributed by atoms with Gasteiger partial charge in [-0.1, -0.05) is 19.1 Å². The second-order valence-electron chi connectivity index (χ2n) is 8.14. The van der Waals surface area contributed by atoms with Gasteiger partial charge in [0.15, 0.2) is 17.5 Å². The highest BCUT2D eigenvalue weighted by atomic mass is 32.1. The number of ether oxygens (including phenoxy) is 2. The molecule has 1 aromatic carbocycles. The number of thiazole rings is 1. The van der Waals surface area contributed by atoms with Crippen LogP contribution in [0.1, 0.15) is 30.5 Å². The van der Waals surface area contributed by atoms with Crippen LogP contribution < -0.4 is 20.1 Å². The molecule has 1 atom stereocenters. The summed E-state index contributed by atoms with van der Waals surface area (Å²) in [7, 11) is 1.81. The molecule has 8 heteroatoms. The summed E-state index contributed by atoms with van der Waals surface area (Å²) in [6, 6.07) is 7.80. The number of benzene rings is 1. The number of nitrogens with zero attached hydrogens (tertiary/aromatic N) is 3. The van der Waals surface area contributed by atoms with Crippen LogP contribution in [0.3, 0.4) is 0 Å². The maximum atomic E-state index is 6.01. The lowest BCUT2D eigenvalue weighted by Gasteiger charge is -2.32. The van der Waals surface area contributed by atoms with Crippen LogP contribution in [0.5, 0.6) is 11.5 Å². The Bertz CT molecular complexity index is 863. The number of para-hydroxylation sites is 2. The summed E-state index contributed by atoms with van der Waals surface area (Å²) in [5.74, 6) is 3.10. The van der Waals surface area contributed by atoms with Gasteiger partial charge in [-0.15, -0.1) is 11.3 Å². The van der Waals surface area contributed by atoms with E-state index in [9.17, 15) is 0 Å². The van der Waals surface area contributed by atoms with Crippen molar-refractivity contribution in [3.8, 4) is 11.5 Å². The van der Waals surface area contributed by atoms with Crippen LogP contribution in [0, 0.1) is 5.92 Å². The van der Waals surface area contributed by atoms with Crippen LogP contribution in [0.4, 0.5) is 0 Å². The lowest BCUT2D eigenvalue weighted by Crippen LogP contribution is -2.47. The molecule has 168 valence electrons. The van der Waals surface area contributed by atoms with Gasteiger partial charge in [-0.2, -0.15) is 0 Å². The minimum absolute atomic E-state index is 0.0318. The molecule has 2 N–H and O–H groups in total. The molecule has 31 heavy (non-hydrogen) atoms. The Hall–Kier alpha value is -2.32. The third kappa shape index (κ3) is 6.11. The van der Waals surface area contributed by atoms with E-state index in [-0.39, 0.29) is 6.10 Å². The van der Waals surface area contributed by atoms with Gasteiger partial charge in [-0.05, 0) is 50.4 Å². The Labute approximate surface area is 188 Å². The van der Waals surface area contributed by atoms with Gasteiger partial charge in [-0.3, -0.25) is 9.89 Å². The Balaban J connectivity index is 1.14. The van der Waals surface area contributed by atoms with Crippen LogP contribution in [-0.2, 0) is 13.0 Å². The molecule has 1 saturated heterocycles. The fourth-order valence-electron chi connectivity index (χ4n) is 4.00. The maximum Gasteiger partial charge on any atom is 0.191 e. The van der Waals surface area contributed by atoms with E-state index >= 15 is 0 Å². The second-order valence-corrected chi connectivity index (χ2v) is 9.08. The molecule has 0 saturated carbocycles. The van der Waals surface area contributed by atoms with E-state index in [1.54, 1.807) is 11.3 Å². The van der Waals surface area contributed by atoms with Crippen LogP contribution in [0.15, 0.2) is 34.6 Å². The molecule has 1 unspecified atom stereocenters. The Morgan fingerprint density at radius 1 is 1.19 bits per heavy atom. The Morgan fingerprint density at radius 3 is 2.71 bits per heavy atom. The SMILES string of the molecule is CCc1nc(CN2CCC(CNC(=NC)NCC3COc4ccccc4O3)CC2)cs1. The summed E-state index contributed by atoms with van der Waals surface area (Å²) in [4.78, 5) is 11.6. The summed E-state index contributed by atoms with van der Waals surface area (Å²) in [6.45, 7) is 7.53. The number of aromatic nitrogens is 1. The van der Waals surface area contributed by atoms with E-state index in [2.05, 4.69) is 32.8 Å². The number of aliphatic imine (C=N–C) groups is 1. The van der Waals surface area contributed by atoms with Crippen molar-refractivity contribution in [2.24, 2.45) is 10.9 Å². The molecule has 0 amide bonds. The largest absolute Gasteiger partial charge is 0.486 e. The van der Waals surface area contributed by atoms with Crippen molar-refractivity contribution in [3.05, 3.63) is 40.3 Å². The number of nitrogens with one attached hydrogen (secondary N) is 2. The molecule has 0 bridgehead atoms. The number of guanidine groups is 1. The van der Waals surface area contributed by atoms with Gasteiger partial charge in [0.05, 0.1) is 17.2 Å². The summed E-state index contributed by atoms with van der Waals surface area (Å²) in [5, 5.41) is 10.3. The highest BCUT2D eigenvalue weighted by Crippen LogP contribution is 2.30. The number of hydrogen-bond acceptors (Lipinski definition) is 6. The average molecular weight is 444 g/mol. The van der Waals surface area contributed by atoms with E-state index in [1.165, 1.54) is 23.5 Å². The van der Waals surface area contributed by atoms with Crippen LogP contribution in [0.2, 0.25) is 0 Å². The third-order valence-corrected chi connectivity index (χ3v) is 6.88. The highest BCUT2D eigenvalue weighted by Gasteiger charge is 2.22. The van der Waals surface area contributed by atoms with Gasteiger partial charge in [0.25, 0.3) is 0 Å². The first-order valence-corrected chi connectivity index (χ1v) is 12.1. The molecular weight excluding hydrogens is 410 g/mol. The molecule has 7 nitrogen and oxygen atoms in total. The van der Waals surface area contributed by atoms with Crippen LogP contribution in [-0.4, -0.2) is 61.8 Å². The highest BCUT2D eigenvalue weighted by molar-refractivity contribution is 7.09. The van der Waals surface area contributed by atoms with Crippen molar-refractivity contribution in [2.75, 3.05) is 39.8 Å². The first-order chi connectivity index (χ1) is 15.2. The van der Waals surface area contributed by atoms with Gasteiger partial charge < -0.3 is 20.1 Å². The van der Waals surface area contributed by atoms with Crippen LogP contribution >= 0.6 is 11.3 Å². The second kappa shape index (κ2) is 10.8. The van der Waals surface area contributed by atoms with E-state index in [1.807, 2.05) is 31.3 Å². The molecule has 2 aromatic rings. The lowest BCUT2D eigenvalue weighted by atomic mass is 9.97. The fourth-order valence-corrected chi connectivity index (χ4v) is 4.73. The van der Waals surface area contributed by atoms with Gasteiger partial charge in [0.1, 0.15) is 12.7 Å². The van der Waals surface area contributed by atoms with Crippen molar-refractivity contribution in [1.29, 1.82) is 0 Å². The fraction of sp³-hybridized carbons (Fsp3) is 0.565. The smallest absolute Gasteiger partial charge is 0.191 e. The van der Waals surface area contributed by atoms with Crippen molar-refractivity contribution in [1.82, 2.24) is 20.5 Å². The molecular formula is C23H33N5O2S. The molecule has 3 heterocycles. The van der Waals surface area contributed by atoms with Crippen molar-refractivity contribution < 1.29 is 9.47 Å². The number of likely N-dealkylation sites (tertiary alicyclic amines) is 1. The summed E-state index contributed by atoms with van der Waals surface area (Å²) in [5.41, 5.74) is 1.22. The van der Waals surface area contributed by atoms with E-state index in [0.29, 0.717) is 19.1 Å². The lowest BCUT2D eigenvalue weighted by molar-refractivity contribution is 0.0935. The van der Waals surface area contributed by atoms with Crippen molar-refractivity contribution in [2.45, 2.75) is 38.8 Å². The van der Waals surface area contributed by atoms with Gasteiger partial charge in [0.2, 0.25) is 0 Å². The first-order valence-electron chi connectivity index (χ1n) is 11.2. The van der Waals surface area contributed by atoms with Crippen molar-refractivity contribution in [3.63, 3.8) is 0 Å². The third-order valence-electron chi connectivity index (χ3n) is 5.84. The summed E-state index contributed by atoms with van der Waals surface area (Å²) < 4.78 is 11.8. The maximum absolute atomic E-state index is 6.01.